The highest BCUT2D eigenvalue weighted by Gasteiger charge is 2.14. The number of pyridine rings is 1. The molecule has 2 rings (SSSR count). The van der Waals surface area contributed by atoms with Crippen LogP contribution in [0.4, 0.5) is 11.7 Å². The number of hydrazine groups is 1. The van der Waals surface area contributed by atoms with E-state index < -0.39 is 5.91 Å². The topological polar surface area (TPSA) is 106 Å². The van der Waals surface area contributed by atoms with Crippen molar-refractivity contribution in [2.24, 2.45) is 5.84 Å². The predicted molar refractivity (Wildman–Crippen MR) is 71.0 cm³/mol. The highest BCUT2D eigenvalue weighted by Crippen LogP contribution is 2.21. The summed E-state index contributed by atoms with van der Waals surface area (Å²) in [6.07, 6.45) is 1.36. The van der Waals surface area contributed by atoms with Gasteiger partial charge in [0.25, 0.3) is 5.91 Å². The number of hydrogen-bond acceptors (Lipinski definition) is 6. The number of nitrogens with one attached hydrogen (secondary N) is 2. The Morgan fingerprint density at radius 2 is 2.21 bits per heavy atom. The van der Waals surface area contributed by atoms with Crippen LogP contribution in [0.3, 0.4) is 0 Å². The molecule has 100 valence electrons. The highest BCUT2D eigenvalue weighted by molar-refractivity contribution is 6.33. The number of carbonyl (C=O) groups is 1. The van der Waals surface area contributed by atoms with E-state index >= 15 is 0 Å². The molecule has 19 heavy (non-hydrogen) atoms. The zero-order valence-electron chi connectivity index (χ0n) is 10.3. The molecule has 4 N–H and O–H groups in total. The van der Waals surface area contributed by atoms with E-state index in [0.717, 1.165) is 5.56 Å². The minimum atomic E-state index is -0.391. The molecule has 2 aromatic rings. The minimum Gasteiger partial charge on any atom is -0.338 e. The average molecular weight is 282 g/mol. The van der Waals surface area contributed by atoms with Gasteiger partial charge in [0.15, 0.2) is 5.82 Å². The first-order valence-electron chi connectivity index (χ1n) is 5.39. The van der Waals surface area contributed by atoms with Crippen molar-refractivity contribution in [1.82, 2.24) is 10.1 Å². The zero-order chi connectivity index (χ0) is 14.0. The van der Waals surface area contributed by atoms with Crippen LogP contribution in [0.5, 0.6) is 0 Å². The van der Waals surface area contributed by atoms with E-state index in [0.29, 0.717) is 17.4 Å². The van der Waals surface area contributed by atoms with Crippen molar-refractivity contribution in [3.63, 3.8) is 0 Å². The van der Waals surface area contributed by atoms with E-state index in [2.05, 4.69) is 20.9 Å². The monoisotopic (exact) mass is 281 g/mol. The molecule has 2 heterocycles. The summed E-state index contributed by atoms with van der Waals surface area (Å²) in [7, 11) is 0. The van der Waals surface area contributed by atoms with Crippen LogP contribution in [-0.4, -0.2) is 16.0 Å². The number of aromatic nitrogens is 2. The lowest BCUT2D eigenvalue weighted by Crippen LogP contribution is -2.14. The largest absolute Gasteiger partial charge is 0.338 e. The number of amides is 1. The summed E-state index contributed by atoms with van der Waals surface area (Å²) < 4.78 is 4.99. The molecule has 0 aliphatic rings. The number of halogens is 1. The molecule has 0 atom stereocenters. The lowest BCUT2D eigenvalue weighted by molar-refractivity contribution is 0.102. The maximum atomic E-state index is 12.0. The van der Waals surface area contributed by atoms with Crippen molar-refractivity contribution >= 4 is 29.2 Å². The lowest BCUT2D eigenvalue weighted by Gasteiger charge is -2.05. The number of nitrogen functional groups attached to an aromatic ring is 1. The van der Waals surface area contributed by atoms with Gasteiger partial charge in [0.1, 0.15) is 0 Å². The van der Waals surface area contributed by atoms with Gasteiger partial charge in [0, 0.05) is 11.8 Å². The standard InChI is InChI=1S/C11H12ClN5O2/c1-5-6(2)17-19-11(5)15-10(18)7-3-8(12)9(16-13)14-4-7/h3-4H,13H2,1-2H3,(H,14,16)(H,15,18). The van der Waals surface area contributed by atoms with Crippen molar-refractivity contribution in [3.05, 3.63) is 34.1 Å². The van der Waals surface area contributed by atoms with E-state index in [9.17, 15) is 4.79 Å². The number of rotatable bonds is 3. The second-order valence-electron chi connectivity index (χ2n) is 3.87. The first kappa shape index (κ1) is 13.3. The molecule has 0 radical (unpaired) electrons. The molecule has 0 saturated heterocycles. The van der Waals surface area contributed by atoms with Gasteiger partial charge in [-0.3, -0.25) is 10.1 Å². The van der Waals surface area contributed by atoms with Gasteiger partial charge in [0.2, 0.25) is 5.88 Å². The van der Waals surface area contributed by atoms with Gasteiger partial charge in [-0.1, -0.05) is 16.8 Å². The Morgan fingerprint density at radius 1 is 1.47 bits per heavy atom. The molecule has 0 aliphatic carbocycles. The van der Waals surface area contributed by atoms with Gasteiger partial charge < -0.3 is 9.95 Å². The number of nitrogens with two attached hydrogens (primary N) is 1. The van der Waals surface area contributed by atoms with Crippen molar-refractivity contribution in [3.8, 4) is 0 Å². The summed E-state index contributed by atoms with van der Waals surface area (Å²) >= 11 is 5.89. The Kier molecular flexibility index (Phi) is 3.68. The SMILES string of the molecule is Cc1noc(NC(=O)c2cnc(NN)c(Cl)c2)c1C. The van der Waals surface area contributed by atoms with Crippen LogP contribution in [0, 0.1) is 13.8 Å². The molecule has 1 amide bonds. The molecule has 0 aromatic carbocycles. The molecule has 0 unspecified atom stereocenters. The molecule has 7 nitrogen and oxygen atoms in total. The quantitative estimate of drug-likeness (QED) is 0.586. The second kappa shape index (κ2) is 5.25. The third-order valence-corrected chi connectivity index (χ3v) is 2.91. The fraction of sp³-hybridized carbons (Fsp3) is 0.182. The van der Waals surface area contributed by atoms with Crippen LogP contribution in [0.15, 0.2) is 16.8 Å². The first-order valence-corrected chi connectivity index (χ1v) is 5.77. The van der Waals surface area contributed by atoms with Gasteiger partial charge in [-0.05, 0) is 19.9 Å². The van der Waals surface area contributed by atoms with Crippen molar-refractivity contribution < 1.29 is 9.32 Å². The first-order chi connectivity index (χ1) is 9.02. The van der Waals surface area contributed by atoms with E-state index in [1.807, 2.05) is 0 Å². The van der Waals surface area contributed by atoms with Gasteiger partial charge in [-0.15, -0.1) is 0 Å². The zero-order valence-corrected chi connectivity index (χ0v) is 11.1. The lowest BCUT2D eigenvalue weighted by atomic mass is 10.2. The van der Waals surface area contributed by atoms with Crippen LogP contribution in [0.2, 0.25) is 5.02 Å². The minimum absolute atomic E-state index is 0.251. The number of carbonyl (C=O) groups excluding carboxylic acids is 1. The molecule has 8 heteroatoms. The molecule has 0 saturated carbocycles. The Labute approximate surface area is 114 Å². The summed E-state index contributed by atoms with van der Waals surface area (Å²) in [5, 5.41) is 6.59. The fourth-order valence-corrected chi connectivity index (χ4v) is 1.60. The number of anilines is 2. The van der Waals surface area contributed by atoms with Crippen LogP contribution in [0.25, 0.3) is 0 Å². The number of nitrogens with zero attached hydrogens (tertiary/aromatic N) is 2. The molecule has 0 spiro atoms. The van der Waals surface area contributed by atoms with Crippen molar-refractivity contribution in [2.75, 3.05) is 10.7 Å². The molecular formula is C11H12ClN5O2. The number of hydrogen-bond donors (Lipinski definition) is 3. The maximum absolute atomic E-state index is 12.0. The fourth-order valence-electron chi connectivity index (χ4n) is 1.38. The van der Waals surface area contributed by atoms with Crippen LogP contribution < -0.4 is 16.6 Å². The summed E-state index contributed by atoms with van der Waals surface area (Å²) in [6.45, 7) is 3.59. The van der Waals surface area contributed by atoms with Gasteiger partial charge >= 0.3 is 0 Å². The third kappa shape index (κ3) is 2.67. The van der Waals surface area contributed by atoms with E-state index in [-0.39, 0.29) is 10.6 Å². The molecule has 0 fully saturated rings. The molecule has 0 aliphatic heterocycles. The van der Waals surface area contributed by atoms with Gasteiger partial charge in [-0.25, -0.2) is 10.8 Å². The smallest absolute Gasteiger partial charge is 0.259 e. The maximum Gasteiger partial charge on any atom is 0.259 e. The van der Waals surface area contributed by atoms with E-state index in [1.165, 1.54) is 12.3 Å². The Bertz CT molecular complexity index is 626. The summed E-state index contributed by atoms with van der Waals surface area (Å²) in [4.78, 5) is 15.9. The Hall–Kier alpha value is -2.12. The summed E-state index contributed by atoms with van der Waals surface area (Å²) in [6, 6.07) is 1.46. The Balaban J connectivity index is 2.21. The highest BCUT2D eigenvalue weighted by atomic mass is 35.5. The summed E-state index contributed by atoms with van der Waals surface area (Å²) in [5.41, 5.74) is 4.10. The number of aryl methyl sites for hydroxylation is 1. The van der Waals surface area contributed by atoms with E-state index in [4.69, 9.17) is 22.0 Å². The van der Waals surface area contributed by atoms with E-state index in [1.54, 1.807) is 13.8 Å². The van der Waals surface area contributed by atoms with Crippen LogP contribution >= 0.6 is 11.6 Å². The van der Waals surface area contributed by atoms with Crippen LogP contribution in [0.1, 0.15) is 21.6 Å². The van der Waals surface area contributed by atoms with Crippen molar-refractivity contribution in [2.45, 2.75) is 13.8 Å². The molecule has 0 bridgehead atoms. The van der Waals surface area contributed by atoms with Gasteiger partial charge in [-0.2, -0.15) is 0 Å². The third-order valence-electron chi connectivity index (χ3n) is 2.62. The normalized spacial score (nSPS) is 10.3. The predicted octanol–water partition coefficient (Wildman–Crippen LogP) is 1.88. The Morgan fingerprint density at radius 3 is 2.74 bits per heavy atom. The summed E-state index contributed by atoms with van der Waals surface area (Å²) in [5.74, 6) is 5.41. The average Bonchev–Trinajstić information content (AvgIpc) is 2.70. The van der Waals surface area contributed by atoms with Gasteiger partial charge in [0.05, 0.1) is 16.3 Å². The second-order valence-corrected chi connectivity index (χ2v) is 4.28. The van der Waals surface area contributed by atoms with Crippen molar-refractivity contribution in [1.29, 1.82) is 0 Å². The van der Waals surface area contributed by atoms with Crippen LogP contribution in [-0.2, 0) is 0 Å². The molecule has 2 aromatic heterocycles. The molecular weight excluding hydrogens is 270 g/mol.